The average Bonchev–Trinajstić information content (AvgIpc) is 2.26. The molecule has 0 saturated carbocycles. The van der Waals surface area contributed by atoms with Crippen LogP contribution in [-0.2, 0) is 0 Å². The second-order valence-corrected chi connectivity index (χ2v) is 4.77. The Labute approximate surface area is 106 Å². The lowest BCUT2D eigenvalue weighted by molar-refractivity contribution is 0.164. The number of nitrogens with one attached hydrogen (secondary N) is 1. The van der Waals surface area contributed by atoms with E-state index in [0.717, 1.165) is 25.1 Å². The Kier molecular flexibility index (Phi) is 9.55. The molecule has 1 unspecified atom stereocenters. The van der Waals surface area contributed by atoms with Gasteiger partial charge in [0.2, 0.25) is 0 Å². The molecule has 0 aromatic carbocycles. The highest BCUT2D eigenvalue weighted by atomic mass is 16.3. The van der Waals surface area contributed by atoms with Crippen molar-refractivity contribution in [3.05, 3.63) is 36.6 Å². The van der Waals surface area contributed by atoms with Gasteiger partial charge in [0.1, 0.15) is 0 Å². The molecule has 0 radical (unpaired) electrons. The van der Waals surface area contributed by atoms with E-state index in [4.69, 9.17) is 0 Å². The van der Waals surface area contributed by atoms with E-state index in [1.807, 2.05) is 25.2 Å². The van der Waals surface area contributed by atoms with Gasteiger partial charge in [0.05, 0.1) is 6.10 Å². The van der Waals surface area contributed by atoms with Crippen molar-refractivity contribution < 1.29 is 5.11 Å². The molecule has 98 valence electrons. The van der Waals surface area contributed by atoms with Crippen LogP contribution in [0.3, 0.4) is 0 Å². The molecule has 0 spiro atoms. The van der Waals surface area contributed by atoms with Crippen molar-refractivity contribution in [3.63, 3.8) is 0 Å². The van der Waals surface area contributed by atoms with Gasteiger partial charge in [0.25, 0.3) is 0 Å². The van der Waals surface area contributed by atoms with Crippen LogP contribution in [0.5, 0.6) is 0 Å². The maximum atomic E-state index is 9.79. The van der Waals surface area contributed by atoms with Crippen LogP contribution >= 0.6 is 0 Å². The van der Waals surface area contributed by atoms with Crippen LogP contribution in [0.4, 0.5) is 0 Å². The summed E-state index contributed by atoms with van der Waals surface area (Å²) in [7, 11) is 0. The minimum absolute atomic E-state index is 0.294. The van der Waals surface area contributed by atoms with Gasteiger partial charge in [-0.1, -0.05) is 44.7 Å². The Bertz CT molecular complexity index is 254. The number of hydrogen-bond donors (Lipinski definition) is 2. The van der Waals surface area contributed by atoms with Crippen LogP contribution in [-0.4, -0.2) is 17.8 Å². The van der Waals surface area contributed by atoms with Gasteiger partial charge in [-0.3, -0.25) is 0 Å². The number of hydrogen-bond acceptors (Lipinski definition) is 2. The molecular weight excluding hydrogens is 210 g/mol. The van der Waals surface area contributed by atoms with E-state index < -0.39 is 0 Å². The quantitative estimate of drug-likeness (QED) is 0.602. The number of aliphatic hydroxyl groups excluding tert-OH is 1. The van der Waals surface area contributed by atoms with Crippen molar-refractivity contribution >= 4 is 0 Å². The van der Waals surface area contributed by atoms with Crippen LogP contribution in [0.25, 0.3) is 0 Å². The third-order valence-electron chi connectivity index (χ3n) is 2.35. The highest BCUT2D eigenvalue weighted by molar-refractivity contribution is 5.01. The first-order chi connectivity index (χ1) is 8.06. The van der Waals surface area contributed by atoms with E-state index in [1.54, 1.807) is 0 Å². The SMILES string of the molecule is C=C(CC(O)CC/C=C\C=C\C)NCC(C)C. The first-order valence-electron chi connectivity index (χ1n) is 6.43. The zero-order valence-electron chi connectivity index (χ0n) is 11.4. The molecule has 17 heavy (non-hydrogen) atoms. The fourth-order valence-corrected chi connectivity index (χ4v) is 1.38. The lowest BCUT2D eigenvalue weighted by Crippen LogP contribution is -2.21. The molecule has 0 aliphatic rings. The molecule has 0 aromatic rings. The maximum Gasteiger partial charge on any atom is 0.0597 e. The summed E-state index contributed by atoms with van der Waals surface area (Å²) in [4.78, 5) is 0. The summed E-state index contributed by atoms with van der Waals surface area (Å²) < 4.78 is 0. The van der Waals surface area contributed by atoms with Crippen LogP contribution in [0.2, 0.25) is 0 Å². The van der Waals surface area contributed by atoms with Crippen molar-refractivity contribution in [2.45, 2.75) is 46.1 Å². The normalized spacial score (nSPS) is 13.7. The first kappa shape index (κ1) is 16.0. The van der Waals surface area contributed by atoms with Crippen molar-refractivity contribution in [1.82, 2.24) is 5.32 Å². The molecule has 0 aromatic heterocycles. The number of allylic oxidation sites excluding steroid dienone is 4. The van der Waals surface area contributed by atoms with Gasteiger partial charge in [0.15, 0.2) is 0 Å². The van der Waals surface area contributed by atoms with Gasteiger partial charge in [-0.25, -0.2) is 0 Å². The third-order valence-corrected chi connectivity index (χ3v) is 2.35. The van der Waals surface area contributed by atoms with Gasteiger partial charge >= 0.3 is 0 Å². The Hall–Kier alpha value is -1.02. The minimum Gasteiger partial charge on any atom is -0.393 e. The van der Waals surface area contributed by atoms with Gasteiger partial charge in [-0.05, 0) is 25.7 Å². The average molecular weight is 237 g/mol. The summed E-state index contributed by atoms with van der Waals surface area (Å²) in [6, 6.07) is 0. The Morgan fingerprint density at radius 3 is 2.65 bits per heavy atom. The molecule has 2 heteroatoms. The van der Waals surface area contributed by atoms with Crippen molar-refractivity contribution in [3.8, 4) is 0 Å². The summed E-state index contributed by atoms with van der Waals surface area (Å²) in [6.45, 7) is 11.1. The molecule has 0 bridgehead atoms. The fraction of sp³-hybridized carbons (Fsp3) is 0.600. The molecule has 0 aliphatic carbocycles. The predicted molar refractivity (Wildman–Crippen MR) is 75.8 cm³/mol. The van der Waals surface area contributed by atoms with Crippen LogP contribution in [0, 0.1) is 5.92 Å². The van der Waals surface area contributed by atoms with E-state index in [1.165, 1.54) is 0 Å². The molecule has 0 aliphatic heterocycles. The zero-order chi connectivity index (χ0) is 13.1. The second-order valence-electron chi connectivity index (χ2n) is 4.77. The van der Waals surface area contributed by atoms with Gasteiger partial charge in [0, 0.05) is 18.7 Å². The smallest absolute Gasteiger partial charge is 0.0597 e. The lowest BCUT2D eigenvalue weighted by Gasteiger charge is -2.15. The highest BCUT2D eigenvalue weighted by Gasteiger charge is 2.05. The molecule has 0 rings (SSSR count). The Morgan fingerprint density at radius 1 is 1.35 bits per heavy atom. The van der Waals surface area contributed by atoms with Gasteiger partial charge < -0.3 is 10.4 Å². The van der Waals surface area contributed by atoms with Crippen molar-refractivity contribution in [1.29, 1.82) is 0 Å². The predicted octanol–water partition coefficient (Wildman–Crippen LogP) is 3.41. The van der Waals surface area contributed by atoms with Gasteiger partial charge in [-0.2, -0.15) is 0 Å². The summed E-state index contributed by atoms with van der Waals surface area (Å²) in [5, 5.41) is 13.0. The standard InChI is InChI=1S/C15H27NO/c1-5-6-7-8-9-10-15(17)11-14(4)16-12-13(2)3/h5-8,13,15-17H,4,9-12H2,1-3H3/b6-5+,8-7-. The topological polar surface area (TPSA) is 32.3 Å². The molecule has 2 N–H and O–H groups in total. The molecule has 1 atom stereocenters. The molecule has 0 fully saturated rings. The molecule has 0 heterocycles. The minimum atomic E-state index is -0.294. The van der Waals surface area contributed by atoms with E-state index in [0.29, 0.717) is 12.3 Å². The van der Waals surface area contributed by atoms with Crippen molar-refractivity contribution in [2.24, 2.45) is 5.92 Å². The van der Waals surface area contributed by atoms with E-state index in [2.05, 4.69) is 31.8 Å². The summed E-state index contributed by atoms with van der Waals surface area (Å²) in [6.07, 6.45) is 10.1. The summed E-state index contributed by atoms with van der Waals surface area (Å²) in [5.41, 5.74) is 0.934. The monoisotopic (exact) mass is 237 g/mol. The Balaban J connectivity index is 3.63. The molecule has 0 amide bonds. The molecular formula is C15H27NO. The van der Waals surface area contributed by atoms with Crippen LogP contribution < -0.4 is 5.32 Å². The number of aliphatic hydroxyl groups is 1. The molecule has 0 saturated heterocycles. The third kappa shape index (κ3) is 11.2. The van der Waals surface area contributed by atoms with Gasteiger partial charge in [-0.15, -0.1) is 0 Å². The zero-order valence-corrected chi connectivity index (χ0v) is 11.4. The van der Waals surface area contributed by atoms with E-state index in [-0.39, 0.29) is 6.10 Å². The fourth-order valence-electron chi connectivity index (χ4n) is 1.38. The van der Waals surface area contributed by atoms with Crippen molar-refractivity contribution in [2.75, 3.05) is 6.54 Å². The van der Waals surface area contributed by atoms with Crippen LogP contribution in [0.15, 0.2) is 36.6 Å². The summed E-state index contributed by atoms with van der Waals surface area (Å²) >= 11 is 0. The lowest BCUT2D eigenvalue weighted by atomic mass is 10.1. The summed E-state index contributed by atoms with van der Waals surface area (Å²) in [5.74, 6) is 0.604. The largest absolute Gasteiger partial charge is 0.393 e. The number of rotatable bonds is 9. The highest BCUT2D eigenvalue weighted by Crippen LogP contribution is 2.07. The van der Waals surface area contributed by atoms with E-state index in [9.17, 15) is 5.11 Å². The van der Waals surface area contributed by atoms with E-state index >= 15 is 0 Å². The second kappa shape index (κ2) is 10.2. The molecule has 2 nitrogen and oxygen atoms in total. The Morgan fingerprint density at radius 2 is 2.06 bits per heavy atom. The first-order valence-corrected chi connectivity index (χ1v) is 6.43. The maximum absolute atomic E-state index is 9.79. The van der Waals surface area contributed by atoms with Crippen LogP contribution in [0.1, 0.15) is 40.0 Å².